The van der Waals surface area contributed by atoms with Gasteiger partial charge in [-0.1, -0.05) is 0 Å². The minimum atomic E-state index is 0.664. The second-order valence-corrected chi connectivity index (χ2v) is 4.82. The number of hydrogen-bond donors (Lipinski definition) is 2. The van der Waals surface area contributed by atoms with Crippen LogP contribution in [0.15, 0.2) is 0 Å². The number of rotatable bonds is 1. The predicted octanol–water partition coefficient (Wildman–Crippen LogP) is 1.76. The van der Waals surface area contributed by atoms with E-state index in [0.29, 0.717) is 5.92 Å². The Balaban J connectivity index is 1.87. The molecule has 15 heavy (non-hydrogen) atoms. The van der Waals surface area contributed by atoms with Gasteiger partial charge in [-0.3, -0.25) is 5.10 Å². The molecule has 0 spiro atoms. The smallest absolute Gasteiger partial charge is 0.0700 e. The van der Waals surface area contributed by atoms with Crippen LogP contribution in [-0.4, -0.2) is 23.3 Å². The average molecular weight is 205 g/mol. The van der Waals surface area contributed by atoms with Gasteiger partial charge >= 0.3 is 0 Å². The molecule has 2 heterocycles. The van der Waals surface area contributed by atoms with Crippen LogP contribution >= 0.6 is 0 Å². The van der Waals surface area contributed by atoms with Gasteiger partial charge in [-0.2, -0.15) is 5.10 Å². The van der Waals surface area contributed by atoms with Crippen molar-refractivity contribution in [1.29, 1.82) is 0 Å². The van der Waals surface area contributed by atoms with Crippen molar-refractivity contribution in [3.8, 4) is 0 Å². The third-order valence-electron chi connectivity index (χ3n) is 3.77. The standard InChI is InChI=1S/C12H19N3/c1-2-6-11-10(5-1)12(15-14-11)9-4-3-7-13-8-9/h9,13H,1-8H2,(H,14,15)/t9-/m0/s1. The lowest BCUT2D eigenvalue weighted by molar-refractivity contribution is 0.451. The molecule has 0 unspecified atom stereocenters. The summed E-state index contributed by atoms with van der Waals surface area (Å²) in [6.07, 6.45) is 7.74. The first-order valence-electron chi connectivity index (χ1n) is 6.22. The quantitative estimate of drug-likeness (QED) is 0.733. The topological polar surface area (TPSA) is 40.7 Å². The molecule has 0 saturated carbocycles. The molecule has 1 aromatic heterocycles. The molecule has 1 aliphatic carbocycles. The molecule has 2 aliphatic rings. The van der Waals surface area contributed by atoms with E-state index < -0.39 is 0 Å². The summed E-state index contributed by atoms with van der Waals surface area (Å²) in [5.41, 5.74) is 4.34. The van der Waals surface area contributed by atoms with Gasteiger partial charge in [0, 0.05) is 18.2 Å². The third kappa shape index (κ3) is 1.69. The van der Waals surface area contributed by atoms with Gasteiger partial charge in [0.15, 0.2) is 0 Å². The number of fused-ring (bicyclic) bond motifs is 1. The number of hydrogen-bond acceptors (Lipinski definition) is 2. The summed E-state index contributed by atoms with van der Waals surface area (Å²) in [4.78, 5) is 0. The Morgan fingerprint density at radius 2 is 2.07 bits per heavy atom. The van der Waals surface area contributed by atoms with Gasteiger partial charge in [0.05, 0.1) is 5.69 Å². The Morgan fingerprint density at radius 1 is 1.13 bits per heavy atom. The maximum atomic E-state index is 4.56. The number of aromatic amines is 1. The molecule has 3 rings (SSSR count). The largest absolute Gasteiger partial charge is 0.316 e. The third-order valence-corrected chi connectivity index (χ3v) is 3.77. The maximum absolute atomic E-state index is 4.56. The van der Waals surface area contributed by atoms with Crippen LogP contribution in [0.1, 0.15) is 48.6 Å². The van der Waals surface area contributed by atoms with Gasteiger partial charge in [-0.05, 0) is 50.6 Å². The van der Waals surface area contributed by atoms with Gasteiger partial charge in [0.1, 0.15) is 0 Å². The summed E-state index contributed by atoms with van der Waals surface area (Å²) in [6, 6.07) is 0. The van der Waals surface area contributed by atoms with Gasteiger partial charge in [-0.15, -0.1) is 0 Å². The van der Waals surface area contributed by atoms with Crippen molar-refractivity contribution in [3.05, 3.63) is 17.0 Å². The van der Waals surface area contributed by atoms with Crippen LogP contribution in [0.5, 0.6) is 0 Å². The summed E-state index contributed by atoms with van der Waals surface area (Å²) in [5, 5.41) is 11.3. The molecule has 0 amide bonds. The number of nitrogens with one attached hydrogen (secondary N) is 2. The Kier molecular flexibility index (Phi) is 2.49. The molecule has 3 heteroatoms. The van der Waals surface area contributed by atoms with Crippen LogP contribution in [0.25, 0.3) is 0 Å². The molecule has 82 valence electrons. The fraction of sp³-hybridized carbons (Fsp3) is 0.750. The van der Waals surface area contributed by atoms with Gasteiger partial charge in [-0.25, -0.2) is 0 Å². The van der Waals surface area contributed by atoms with Crippen LogP contribution < -0.4 is 5.32 Å². The van der Waals surface area contributed by atoms with Crippen LogP contribution in [-0.2, 0) is 12.8 Å². The fourth-order valence-corrected chi connectivity index (χ4v) is 2.93. The monoisotopic (exact) mass is 205 g/mol. The first-order valence-corrected chi connectivity index (χ1v) is 6.22. The van der Waals surface area contributed by atoms with Crippen molar-refractivity contribution < 1.29 is 0 Å². The zero-order valence-electron chi connectivity index (χ0n) is 9.18. The molecule has 2 N–H and O–H groups in total. The Morgan fingerprint density at radius 3 is 2.93 bits per heavy atom. The molecular formula is C12H19N3. The highest BCUT2D eigenvalue weighted by molar-refractivity contribution is 5.30. The molecule has 1 fully saturated rings. The molecule has 0 radical (unpaired) electrons. The number of H-pyrrole nitrogens is 1. The number of nitrogens with zero attached hydrogens (tertiary/aromatic N) is 1. The number of aromatic nitrogens is 2. The summed E-state index contributed by atoms with van der Waals surface area (Å²) in [5.74, 6) is 0.664. The van der Waals surface area contributed by atoms with Crippen molar-refractivity contribution in [2.24, 2.45) is 0 Å². The highest BCUT2D eigenvalue weighted by atomic mass is 15.1. The van der Waals surface area contributed by atoms with E-state index in [1.54, 1.807) is 5.56 Å². The minimum Gasteiger partial charge on any atom is -0.316 e. The van der Waals surface area contributed by atoms with E-state index in [0.717, 1.165) is 6.54 Å². The average Bonchev–Trinajstić information content (AvgIpc) is 2.74. The molecule has 1 aromatic rings. The Labute approximate surface area is 90.7 Å². The van der Waals surface area contributed by atoms with Crippen molar-refractivity contribution in [2.75, 3.05) is 13.1 Å². The van der Waals surface area contributed by atoms with Crippen molar-refractivity contribution in [2.45, 2.75) is 44.4 Å². The van der Waals surface area contributed by atoms with E-state index in [9.17, 15) is 0 Å². The van der Waals surface area contributed by atoms with E-state index in [2.05, 4.69) is 15.5 Å². The van der Waals surface area contributed by atoms with E-state index in [-0.39, 0.29) is 0 Å². The zero-order valence-corrected chi connectivity index (χ0v) is 9.18. The van der Waals surface area contributed by atoms with E-state index in [1.807, 2.05) is 0 Å². The number of aryl methyl sites for hydroxylation is 1. The molecule has 1 atom stereocenters. The second kappa shape index (κ2) is 3.97. The van der Waals surface area contributed by atoms with E-state index in [1.165, 1.54) is 56.5 Å². The number of piperidine rings is 1. The lowest BCUT2D eigenvalue weighted by atomic mass is 9.88. The Hall–Kier alpha value is -0.830. The normalized spacial score (nSPS) is 26.3. The van der Waals surface area contributed by atoms with Crippen LogP contribution in [0, 0.1) is 0 Å². The van der Waals surface area contributed by atoms with Crippen LogP contribution in [0.2, 0.25) is 0 Å². The predicted molar refractivity (Wildman–Crippen MR) is 60.1 cm³/mol. The van der Waals surface area contributed by atoms with Gasteiger partial charge < -0.3 is 5.32 Å². The molecule has 0 bridgehead atoms. The highest BCUT2D eigenvalue weighted by Gasteiger charge is 2.24. The SMILES string of the molecule is C1CCc2c([C@H]3CCCNC3)n[nH]c2C1. The van der Waals surface area contributed by atoms with Gasteiger partial charge in [0.25, 0.3) is 0 Å². The van der Waals surface area contributed by atoms with Crippen molar-refractivity contribution in [3.63, 3.8) is 0 Å². The molecule has 1 saturated heterocycles. The highest BCUT2D eigenvalue weighted by Crippen LogP contribution is 2.30. The van der Waals surface area contributed by atoms with Crippen LogP contribution in [0.3, 0.4) is 0 Å². The lowest BCUT2D eigenvalue weighted by Gasteiger charge is -2.23. The fourth-order valence-electron chi connectivity index (χ4n) is 2.93. The summed E-state index contributed by atoms with van der Waals surface area (Å²) in [7, 11) is 0. The maximum Gasteiger partial charge on any atom is 0.0700 e. The molecular weight excluding hydrogens is 186 g/mol. The van der Waals surface area contributed by atoms with Crippen LogP contribution in [0.4, 0.5) is 0 Å². The molecule has 0 aromatic carbocycles. The van der Waals surface area contributed by atoms with Gasteiger partial charge in [0.2, 0.25) is 0 Å². The zero-order chi connectivity index (χ0) is 10.1. The Bertz CT molecular complexity index is 337. The molecule has 1 aliphatic heterocycles. The van der Waals surface area contributed by atoms with Crippen molar-refractivity contribution in [1.82, 2.24) is 15.5 Å². The summed E-state index contributed by atoms with van der Waals surface area (Å²) in [6.45, 7) is 2.31. The summed E-state index contributed by atoms with van der Waals surface area (Å²) >= 11 is 0. The lowest BCUT2D eigenvalue weighted by Crippen LogP contribution is -2.29. The van der Waals surface area contributed by atoms with E-state index in [4.69, 9.17) is 0 Å². The molecule has 3 nitrogen and oxygen atoms in total. The second-order valence-electron chi connectivity index (χ2n) is 4.82. The van der Waals surface area contributed by atoms with E-state index >= 15 is 0 Å². The first-order chi connectivity index (χ1) is 7.45. The summed E-state index contributed by atoms with van der Waals surface area (Å²) < 4.78 is 0. The van der Waals surface area contributed by atoms with Crippen molar-refractivity contribution >= 4 is 0 Å². The minimum absolute atomic E-state index is 0.664. The first kappa shape index (κ1) is 9.40.